The van der Waals surface area contributed by atoms with Crippen molar-refractivity contribution < 1.29 is 13.8 Å². The van der Waals surface area contributed by atoms with Gasteiger partial charge in [-0.1, -0.05) is 45.0 Å². The standard InChI is InChI=1S/C29H30N2O/c1-19-15-16-21-11-7-9-13-25(21)31(19)26-18-22(29(3,4)5)17-24(20(26)2)28-23-12-8-10-14-27(23)32-30(28)6/h7-18H,1-6H3/q+2. The summed E-state index contributed by atoms with van der Waals surface area (Å²) in [5.74, 6) is 0. The summed E-state index contributed by atoms with van der Waals surface area (Å²) in [5, 5.41) is 2.37. The first kappa shape index (κ1) is 20.4. The number of nitrogens with zero attached hydrogens (tertiary/aromatic N) is 2. The lowest BCUT2D eigenvalue weighted by atomic mass is 9.83. The molecule has 0 spiro atoms. The lowest BCUT2D eigenvalue weighted by molar-refractivity contribution is -0.832. The molecular formula is C29H30N2O+2. The van der Waals surface area contributed by atoms with E-state index >= 15 is 0 Å². The smallest absolute Gasteiger partial charge is 0.236 e. The van der Waals surface area contributed by atoms with Crippen molar-refractivity contribution in [3.63, 3.8) is 0 Å². The van der Waals surface area contributed by atoms with Gasteiger partial charge in [0, 0.05) is 36.1 Å². The Hall–Kier alpha value is -3.46. The second-order valence-corrected chi connectivity index (χ2v) is 9.72. The molecule has 0 unspecified atom stereocenters. The van der Waals surface area contributed by atoms with Gasteiger partial charge in [-0.25, -0.2) is 4.52 Å². The molecule has 3 heteroatoms. The second-order valence-electron chi connectivity index (χ2n) is 9.72. The van der Waals surface area contributed by atoms with Crippen LogP contribution in [0.2, 0.25) is 0 Å². The highest BCUT2D eigenvalue weighted by molar-refractivity contribution is 5.91. The molecule has 0 fully saturated rings. The summed E-state index contributed by atoms with van der Waals surface area (Å²) in [6.45, 7) is 11.2. The SMILES string of the molecule is Cc1c(-c2c3ccccc3o[n+]2C)cc(C(C)(C)C)cc1-[n+]1c(C)ccc2ccccc21. The predicted molar refractivity (Wildman–Crippen MR) is 130 cm³/mol. The van der Waals surface area contributed by atoms with Crippen molar-refractivity contribution in [2.45, 2.75) is 40.0 Å². The fourth-order valence-corrected chi connectivity index (χ4v) is 4.66. The summed E-state index contributed by atoms with van der Waals surface area (Å²) in [5.41, 5.74) is 9.42. The van der Waals surface area contributed by atoms with Crippen LogP contribution in [0.4, 0.5) is 0 Å². The predicted octanol–water partition coefficient (Wildman–Crippen LogP) is 6.27. The Kier molecular flexibility index (Phi) is 4.67. The van der Waals surface area contributed by atoms with E-state index in [0.717, 1.165) is 16.7 Å². The molecule has 0 aliphatic rings. The summed E-state index contributed by atoms with van der Waals surface area (Å²) in [4.78, 5) is 0. The molecule has 160 valence electrons. The monoisotopic (exact) mass is 422 g/mol. The second kappa shape index (κ2) is 7.30. The number of benzene rings is 3. The first-order chi connectivity index (χ1) is 15.3. The van der Waals surface area contributed by atoms with Crippen molar-refractivity contribution in [2.24, 2.45) is 7.05 Å². The molecule has 5 aromatic rings. The molecule has 3 nitrogen and oxygen atoms in total. The van der Waals surface area contributed by atoms with Crippen molar-refractivity contribution in [1.82, 2.24) is 0 Å². The zero-order valence-corrected chi connectivity index (χ0v) is 19.7. The first-order valence-corrected chi connectivity index (χ1v) is 11.2. The van der Waals surface area contributed by atoms with E-state index in [1.165, 1.54) is 39.0 Å². The van der Waals surface area contributed by atoms with E-state index in [9.17, 15) is 0 Å². The maximum Gasteiger partial charge on any atom is 0.269 e. The van der Waals surface area contributed by atoms with E-state index in [0.29, 0.717) is 0 Å². The van der Waals surface area contributed by atoms with E-state index in [-0.39, 0.29) is 5.41 Å². The minimum atomic E-state index is 0.00829. The Labute approximate surface area is 189 Å². The number of fused-ring (bicyclic) bond motifs is 2. The number of hydrogen-bond acceptors (Lipinski definition) is 1. The summed E-state index contributed by atoms with van der Waals surface area (Å²) < 4.78 is 10.4. The quantitative estimate of drug-likeness (QED) is 0.307. The van der Waals surface area contributed by atoms with Crippen LogP contribution in [-0.2, 0) is 12.5 Å². The lowest BCUT2D eigenvalue weighted by Crippen LogP contribution is -2.37. The highest BCUT2D eigenvalue weighted by Crippen LogP contribution is 2.35. The zero-order chi connectivity index (χ0) is 22.6. The third kappa shape index (κ3) is 3.20. The van der Waals surface area contributed by atoms with Crippen LogP contribution in [0.5, 0.6) is 0 Å². The summed E-state index contributed by atoms with van der Waals surface area (Å²) >= 11 is 0. The molecule has 0 N–H and O–H groups in total. The number of para-hydroxylation sites is 2. The van der Waals surface area contributed by atoms with Gasteiger partial charge in [-0.2, -0.15) is 4.57 Å². The number of aromatic nitrogens is 2. The Morgan fingerprint density at radius 1 is 0.812 bits per heavy atom. The van der Waals surface area contributed by atoms with Crippen molar-refractivity contribution in [3.05, 3.63) is 89.6 Å². The Balaban J connectivity index is 1.91. The molecule has 0 saturated heterocycles. The summed E-state index contributed by atoms with van der Waals surface area (Å²) in [6, 6.07) is 26.0. The van der Waals surface area contributed by atoms with Gasteiger partial charge in [0.05, 0.1) is 5.56 Å². The number of pyridine rings is 1. The summed E-state index contributed by atoms with van der Waals surface area (Å²) in [7, 11) is 1.99. The normalized spacial score (nSPS) is 12.1. The third-order valence-corrected chi connectivity index (χ3v) is 6.47. The molecule has 0 aliphatic carbocycles. The van der Waals surface area contributed by atoms with Crippen molar-refractivity contribution in [3.8, 4) is 16.9 Å². The fraction of sp³-hybridized carbons (Fsp3) is 0.241. The number of hydrogen-bond donors (Lipinski definition) is 0. The molecule has 0 bridgehead atoms. The van der Waals surface area contributed by atoms with Crippen molar-refractivity contribution in [1.29, 1.82) is 0 Å². The van der Waals surface area contributed by atoms with Gasteiger partial charge in [-0.05, 0) is 53.0 Å². The van der Waals surface area contributed by atoms with Crippen molar-refractivity contribution in [2.75, 3.05) is 0 Å². The van der Waals surface area contributed by atoms with Crippen LogP contribution >= 0.6 is 0 Å². The van der Waals surface area contributed by atoms with Crippen molar-refractivity contribution >= 4 is 21.9 Å². The third-order valence-electron chi connectivity index (χ3n) is 6.47. The molecule has 0 aliphatic heterocycles. The van der Waals surface area contributed by atoms with E-state index in [1.807, 2.05) is 23.9 Å². The average molecular weight is 423 g/mol. The van der Waals surface area contributed by atoms with Crippen LogP contribution in [0, 0.1) is 13.8 Å². The van der Waals surface area contributed by atoms with E-state index < -0.39 is 0 Å². The maximum absolute atomic E-state index is 6.08. The van der Waals surface area contributed by atoms with Crippen LogP contribution in [0.3, 0.4) is 0 Å². The van der Waals surface area contributed by atoms with Gasteiger partial charge in [0.25, 0.3) is 5.69 Å². The van der Waals surface area contributed by atoms with E-state index in [2.05, 4.69) is 99.8 Å². The van der Waals surface area contributed by atoms with Crippen LogP contribution in [0.25, 0.3) is 38.8 Å². The first-order valence-electron chi connectivity index (χ1n) is 11.2. The molecule has 3 aromatic carbocycles. The van der Waals surface area contributed by atoms with Gasteiger partial charge < -0.3 is 0 Å². The van der Waals surface area contributed by atoms with Crippen LogP contribution < -0.4 is 9.31 Å². The molecular weight excluding hydrogens is 392 g/mol. The van der Waals surface area contributed by atoms with Crippen LogP contribution in [0.15, 0.2) is 77.3 Å². The fourth-order valence-electron chi connectivity index (χ4n) is 4.66. The Morgan fingerprint density at radius 2 is 1.53 bits per heavy atom. The maximum atomic E-state index is 6.08. The topological polar surface area (TPSA) is 20.9 Å². The molecule has 0 radical (unpaired) electrons. The van der Waals surface area contributed by atoms with Crippen LogP contribution in [-0.4, -0.2) is 0 Å². The van der Waals surface area contributed by atoms with Gasteiger partial charge in [0.15, 0.2) is 12.7 Å². The largest absolute Gasteiger partial charge is 0.269 e. The minimum absolute atomic E-state index is 0.00829. The molecule has 0 atom stereocenters. The van der Waals surface area contributed by atoms with E-state index in [4.69, 9.17) is 4.52 Å². The average Bonchev–Trinajstić information content (AvgIpc) is 3.09. The van der Waals surface area contributed by atoms with Gasteiger partial charge in [-0.15, -0.1) is 0 Å². The minimum Gasteiger partial charge on any atom is -0.236 e. The van der Waals surface area contributed by atoms with Gasteiger partial charge in [0.2, 0.25) is 16.8 Å². The van der Waals surface area contributed by atoms with Crippen LogP contribution in [0.1, 0.15) is 37.6 Å². The molecule has 2 aromatic heterocycles. The molecule has 0 saturated carbocycles. The number of rotatable bonds is 2. The lowest BCUT2D eigenvalue weighted by Gasteiger charge is -2.21. The zero-order valence-electron chi connectivity index (χ0n) is 19.7. The highest BCUT2D eigenvalue weighted by Gasteiger charge is 2.30. The Morgan fingerprint density at radius 3 is 2.31 bits per heavy atom. The number of aryl methyl sites for hydroxylation is 2. The van der Waals surface area contributed by atoms with Gasteiger partial charge in [0.1, 0.15) is 5.39 Å². The molecule has 5 rings (SSSR count). The molecule has 32 heavy (non-hydrogen) atoms. The van der Waals surface area contributed by atoms with Gasteiger partial charge in [-0.3, -0.25) is 0 Å². The Bertz CT molecular complexity index is 1490. The molecule has 0 amide bonds. The highest BCUT2D eigenvalue weighted by atomic mass is 16.5. The van der Waals surface area contributed by atoms with E-state index in [1.54, 1.807) is 0 Å². The molecule has 2 heterocycles. The van der Waals surface area contributed by atoms with Gasteiger partial charge >= 0.3 is 0 Å². The summed E-state index contributed by atoms with van der Waals surface area (Å²) in [6.07, 6.45) is 0.